The number of thioether (sulfide) groups is 1. The number of benzene rings is 2. The summed E-state index contributed by atoms with van der Waals surface area (Å²) in [4.78, 5) is 0.565. The Bertz CT molecular complexity index is 608. The maximum atomic E-state index is 12.8. The molecule has 0 unspecified atom stereocenters. The van der Waals surface area contributed by atoms with Crippen molar-refractivity contribution in [3.8, 4) is 0 Å². The molecule has 0 saturated carbocycles. The molecule has 2 rings (SSSR count). The van der Waals surface area contributed by atoms with Crippen molar-refractivity contribution in [1.82, 2.24) is 0 Å². The van der Waals surface area contributed by atoms with Gasteiger partial charge in [-0.1, -0.05) is 24.3 Å². The number of nitrogens with two attached hydrogens (primary N) is 1. The van der Waals surface area contributed by atoms with Gasteiger partial charge in [0.05, 0.1) is 5.56 Å². The minimum atomic E-state index is -4.41. The standard InChI is InChI=1S/C15H14F3NS/c1-10-4-2-3-5-11(10)9-20-12-6-7-14(19)13(8-12)15(16,17)18/h2-8H,9,19H2,1H3. The van der Waals surface area contributed by atoms with Crippen LogP contribution in [-0.4, -0.2) is 0 Å². The van der Waals surface area contributed by atoms with E-state index >= 15 is 0 Å². The molecule has 1 nitrogen and oxygen atoms in total. The Morgan fingerprint density at radius 3 is 2.45 bits per heavy atom. The summed E-state index contributed by atoms with van der Waals surface area (Å²) < 4.78 is 38.3. The van der Waals surface area contributed by atoms with E-state index in [4.69, 9.17) is 5.73 Å². The third-order valence-corrected chi connectivity index (χ3v) is 4.03. The van der Waals surface area contributed by atoms with Crippen LogP contribution in [0.1, 0.15) is 16.7 Å². The maximum Gasteiger partial charge on any atom is 0.418 e. The Kier molecular flexibility index (Phi) is 4.28. The van der Waals surface area contributed by atoms with Gasteiger partial charge in [0.25, 0.3) is 0 Å². The molecule has 0 fully saturated rings. The van der Waals surface area contributed by atoms with Crippen molar-refractivity contribution in [2.75, 3.05) is 5.73 Å². The highest BCUT2D eigenvalue weighted by atomic mass is 32.2. The summed E-state index contributed by atoms with van der Waals surface area (Å²) >= 11 is 1.37. The molecule has 0 bridgehead atoms. The van der Waals surface area contributed by atoms with E-state index in [1.165, 1.54) is 17.8 Å². The van der Waals surface area contributed by atoms with E-state index in [0.29, 0.717) is 10.6 Å². The van der Waals surface area contributed by atoms with Crippen LogP contribution >= 0.6 is 11.8 Å². The highest BCUT2D eigenvalue weighted by molar-refractivity contribution is 7.98. The second-order valence-electron chi connectivity index (χ2n) is 4.46. The number of hydrogen-bond acceptors (Lipinski definition) is 2. The molecule has 0 atom stereocenters. The molecule has 0 amide bonds. The number of rotatable bonds is 3. The van der Waals surface area contributed by atoms with Crippen LogP contribution in [0.15, 0.2) is 47.4 Å². The van der Waals surface area contributed by atoms with Crippen molar-refractivity contribution in [3.63, 3.8) is 0 Å². The van der Waals surface area contributed by atoms with E-state index in [1.807, 2.05) is 31.2 Å². The van der Waals surface area contributed by atoms with Gasteiger partial charge in [0.15, 0.2) is 0 Å². The first-order chi connectivity index (χ1) is 9.38. The Morgan fingerprint density at radius 2 is 1.80 bits per heavy atom. The minimum Gasteiger partial charge on any atom is -0.398 e. The summed E-state index contributed by atoms with van der Waals surface area (Å²) in [5, 5.41) is 0. The number of aryl methyl sites for hydroxylation is 1. The Balaban J connectivity index is 2.17. The SMILES string of the molecule is Cc1ccccc1CSc1ccc(N)c(C(F)(F)F)c1. The van der Waals surface area contributed by atoms with Gasteiger partial charge >= 0.3 is 6.18 Å². The molecule has 0 heterocycles. The first-order valence-corrected chi connectivity index (χ1v) is 7.00. The zero-order valence-corrected chi connectivity index (χ0v) is 11.7. The molecular formula is C15H14F3NS. The molecule has 2 N–H and O–H groups in total. The second kappa shape index (κ2) is 5.79. The van der Waals surface area contributed by atoms with Crippen LogP contribution in [0.3, 0.4) is 0 Å². The fraction of sp³-hybridized carbons (Fsp3) is 0.200. The van der Waals surface area contributed by atoms with Crippen molar-refractivity contribution >= 4 is 17.4 Å². The molecule has 0 aliphatic rings. The molecule has 0 radical (unpaired) electrons. The second-order valence-corrected chi connectivity index (χ2v) is 5.51. The largest absolute Gasteiger partial charge is 0.418 e. The number of halogens is 3. The van der Waals surface area contributed by atoms with Gasteiger partial charge < -0.3 is 5.73 Å². The van der Waals surface area contributed by atoms with Gasteiger partial charge in [-0.25, -0.2) is 0 Å². The number of nitrogen functional groups attached to an aromatic ring is 1. The van der Waals surface area contributed by atoms with E-state index in [9.17, 15) is 13.2 Å². The highest BCUT2D eigenvalue weighted by Crippen LogP contribution is 2.36. The van der Waals surface area contributed by atoms with Crippen molar-refractivity contribution in [2.24, 2.45) is 0 Å². The normalized spacial score (nSPS) is 11.6. The van der Waals surface area contributed by atoms with Crippen molar-refractivity contribution < 1.29 is 13.2 Å². The molecule has 2 aromatic carbocycles. The lowest BCUT2D eigenvalue weighted by Gasteiger charge is -2.12. The molecule has 0 saturated heterocycles. The van der Waals surface area contributed by atoms with Gasteiger partial charge in [-0.15, -0.1) is 11.8 Å². The maximum absolute atomic E-state index is 12.8. The van der Waals surface area contributed by atoms with Crippen LogP contribution in [-0.2, 0) is 11.9 Å². The van der Waals surface area contributed by atoms with Gasteiger partial charge in [0.1, 0.15) is 0 Å². The topological polar surface area (TPSA) is 26.0 Å². The predicted molar refractivity (Wildman–Crippen MR) is 76.6 cm³/mol. The molecule has 0 aliphatic carbocycles. The molecule has 2 aromatic rings. The molecule has 0 spiro atoms. The zero-order chi connectivity index (χ0) is 14.8. The molecule has 0 aromatic heterocycles. The fourth-order valence-corrected chi connectivity index (χ4v) is 2.82. The average Bonchev–Trinajstić information content (AvgIpc) is 2.38. The minimum absolute atomic E-state index is 0.238. The highest BCUT2D eigenvalue weighted by Gasteiger charge is 2.33. The van der Waals surface area contributed by atoms with E-state index in [1.54, 1.807) is 6.07 Å². The third-order valence-electron chi connectivity index (χ3n) is 2.99. The number of alkyl halides is 3. The van der Waals surface area contributed by atoms with Gasteiger partial charge in [-0.05, 0) is 36.2 Å². The predicted octanol–water partition coefficient (Wildman–Crippen LogP) is 4.89. The molecule has 0 aliphatic heterocycles. The fourth-order valence-electron chi connectivity index (χ4n) is 1.80. The van der Waals surface area contributed by atoms with Crippen LogP contribution in [0.25, 0.3) is 0 Å². The van der Waals surface area contributed by atoms with Gasteiger partial charge in [-0.2, -0.15) is 13.2 Å². The smallest absolute Gasteiger partial charge is 0.398 e. The van der Waals surface area contributed by atoms with Crippen molar-refractivity contribution in [1.29, 1.82) is 0 Å². The molecular weight excluding hydrogens is 283 g/mol. The van der Waals surface area contributed by atoms with Crippen molar-refractivity contribution in [3.05, 3.63) is 59.2 Å². The molecule has 5 heteroatoms. The Hall–Kier alpha value is -1.62. The van der Waals surface area contributed by atoms with E-state index in [-0.39, 0.29) is 5.69 Å². The van der Waals surface area contributed by atoms with Crippen LogP contribution in [0.4, 0.5) is 18.9 Å². The lowest BCUT2D eigenvalue weighted by atomic mass is 10.1. The Labute approximate surface area is 120 Å². The van der Waals surface area contributed by atoms with Crippen LogP contribution in [0.2, 0.25) is 0 Å². The molecule has 106 valence electrons. The van der Waals surface area contributed by atoms with Crippen LogP contribution in [0.5, 0.6) is 0 Å². The summed E-state index contributed by atoms with van der Waals surface area (Å²) in [6.45, 7) is 1.99. The summed E-state index contributed by atoms with van der Waals surface area (Å²) in [6, 6.07) is 11.9. The van der Waals surface area contributed by atoms with E-state index in [2.05, 4.69) is 0 Å². The van der Waals surface area contributed by atoms with Gasteiger partial charge in [-0.3, -0.25) is 0 Å². The van der Waals surface area contributed by atoms with Gasteiger partial charge in [0, 0.05) is 16.3 Å². The van der Waals surface area contributed by atoms with Crippen LogP contribution < -0.4 is 5.73 Å². The van der Waals surface area contributed by atoms with Gasteiger partial charge in [0.2, 0.25) is 0 Å². The van der Waals surface area contributed by atoms with Crippen LogP contribution in [0, 0.1) is 6.92 Å². The number of anilines is 1. The quantitative estimate of drug-likeness (QED) is 0.645. The van der Waals surface area contributed by atoms with E-state index < -0.39 is 11.7 Å². The lowest BCUT2D eigenvalue weighted by molar-refractivity contribution is -0.137. The summed E-state index contributed by atoms with van der Waals surface area (Å²) in [5.74, 6) is 0.633. The summed E-state index contributed by atoms with van der Waals surface area (Å²) in [7, 11) is 0. The van der Waals surface area contributed by atoms with Crippen molar-refractivity contribution in [2.45, 2.75) is 23.7 Å². The van der Waals surface area contributed by atoms with E-state index in [0.717, 1.165) is 17.2 Å². The number of hydrogen-bond donors (Lipinski definition) is 1. The monoisotopic (exact) mass is 297 g/mol. The first kappa shape index (κ1) is 14.8. The third kappa shape index (κ3) is 3.48. The first-order valence-electron chi connectivity index (χ1n) is 6.02. The lowest BCUT2D eigenvalue weighted by Crippen LogP contribution is -2.08. The summed E-state index contributed by atoms with van der Waals surface area (Å²) in [5.41, 5.74) is 6.61. The Morgan fingerprint density at radius 1 is 1.10 bits per heavy atom. The summed E-state index contributed by atoms with van der Waals surface area (Å²) in [6.07, 6.45) is -4.41. The average molecular weight is 297 g/mol. The zero-order valence-electron chi connectivity index (χ0n) is 10.9. The molecule has 20 heavy (non-hydrogen) atoms.